The van der Waals surface area contributed by atoms with Gasteiger partial charge in [0.15, 0.2) is 0 Å². The minimum absolute atomic E-state index is 0.160. The van der Waals surface area contributed by atoms with Crippen LogP contribution in [0.15, 0.2) is 0 Å². The van der Waals surface area contributed by atoms with Crippen LogP contribution in [-0.2, 0) is 0 Å². The monoisotopic (exact) mass is 240 g/mol. The van der Waals surface area contributed by atoms with E-state index in [-0.39, 0.29) is 18.2 Å². The van der Waals surface area contributed by atoms with Gasteiger partial charge >= 0.3 is 0 Å². The summed E-state index contributed by atoms with van der Waals surface area (Å²) in [7, 11) is 5.47. The van der Waals surface area contributed by atoms with Gasteiger partial charge in [0.05, 0.1) is 14.5 Å². The first-order chi connectivity index (χ1) is 7.91. The van der Waals surface area contributed by atoms with Crippen LogP contribution < -0.4 is 11.1 Å². The van der Waals surface area contributed by atoms with Crippen molar-refractivity contribution in [1.82, 2.24) is 5.32 Å². The van der Waals surface area contributed by atoms with E-state index in [2.05, 4.69) is 26.1 Å². The Labute approximate surface area is 108 Å². The minimum Gasteiger partial charge on any atom is -0.395 e. The van der Waals surface area contributed by atoms with Gasteiger partial charge in [-0.3, -0.25) is 0 Å². The van der Waals surface area contributed by atoms with Gasteiger partial charge in [-0.05, 0) is 25.7 Å². The summed E-state index contributed by atoms with van der Waals surface area (Å²) in [5.74, 6) is 0.584. The predicted molar refractivity (Wildman–Crippen MR) is 75.3 cm³/mol. The van der Waals surface area contributed by atoms with Crippen LogP contribution in [0.5, 0.6) is 0 Å². The molecule has 0 bridgehead atoms. The number of nitrogens with two attached hydrogens (primary N) is 1. The molecule has 0 heterocycles. The molecule has 0 saturated carbocycles. The third-order valence-corrected chi connectivity index (χ3v) is 2.97. The standard InChI is InChI=1S/C13H29BN2O/c1-11(2)8-12(9-17)16-10-13(3,15)6-4-5-7-14/h11-12,16-17H,4-10,15H2,1-3H3. The van der Waals surface area contributed by atoms with E-state index in [0.29, 0.717) is 5.92 Å². The fourth-order valence-electron chi connectivity index (χ4n) is 1.93. The molecule has 0 aliphatic heterocycles. The smallest absolute Gasteiger partial charge is 0.0653 e. The van der Waals surface area contributed by atoms with Crippen LogP contribution in [-0.4, -0.2) is 37.7 Å². The molecular formula is C13H29BN2O. The van der Waals surface area contributed by atoms with Crippen LogP contribution in [0.1, 0.15) is 46.5 Å². The van der Waals surface area contributed by atoms with E-state index in [4.69, 9.17) is 13.6 Å². The van der Waals surface area contributed by atoms with Crippen LogP contribution in [0.2, 0.25) is 6.32 Å². The second-order valence-electron chi connectivity index (χ2n) is 5.79. The topological polar surface area (TPSA) is 58.3 Å². The number of unbranched alkanes of at least 4 members (excludes halogenated alkanes) is 1. The highest BCUT2D eigenvalue weighted by Crippen LogP contribution is 2.12. The van der Waals surface area contributed by atoms with Crippen molar-refractivity contribution < 1.29 is 5.11 Å². The van der Waals surface area contributed by atoms with Crippen LogP contribution >= 0.6 is 0 Å². The van der Waals surface area contributed by atoms with Crippen molar-refractivity contribution in [2.24, 2.45) is 11.7 Å². The first-order valence-electron chi connectivity index (χ1n) is 6.74. The van der Waals surface area contributed by atoms with Crippen molar-refractivity contribution in [2.45, 2.75) is 64.4 Å². The highest BCUT2D eigenvalue weighted by molar-refractivity contribution is 6.08. The zero-order valence-corrected chi connectivity index (χ0v) is 11.7. The second-order valence-corrected chi connectivity index (χ2v) is 5.79. The number of rotatable bonds is 10. The number of aliphatic hydroxyl groups is 1. The molecule has 2 radical (unpaired) electrons. The lowest BCUT2D eigenvalue weighted by atomic mass is 9.91. The molecular weight excluding hydrogens is 211 g/mol. The Morgan fingerprint density at radius 3 is 2.47 bits per heavy atom. The third-order valence-electron chi connectivity index (χ3n) is 2.97. The minimum atomic E-state index is -0.209. The summed E-state index contributed by atoms with van der Waals surface area (Å²) >= 11 is 0. The quantitative estimate of drug-likeness (QED) is 0.400. The maximum atomic E-state index is 9.27. The van der Waals surface area contributed by atoms with E-state index in [1.165, 1.54) is 0 Å². The highest BCUT2D eigenvalue weighted by Gasteiger charge is 2.19. The number of hydrogen-bond donors (Lipinski definition) is 3. The predicted octanol–water partition coefficient (Wildman–Crippen LogP) is 1.46. The molecule has 0 aliphatic carbocycles. The highest BCUT2D eigenvalue weighted by atomic mass is 16.3. The molecule has 2 atom stereocenters. The van der Waals surface area contributed by atoms with Gasteiger partial charge in [0.1, 0.15) is 0 Å². The van der Waals surface area contributed by atoms with Gasteiger partial charge in [-0.15, -0.1) is 0 Å². The molecule has 0 spiro atoms. The first kappa shape index (κ1) is 16.9. The summed E-state index contributed by atoms with van der Waals surface area (Å²) in [6.45, 7) is 7.30. The van der Waals surface area contributed by atoms with Crippen LogP contribution in [0, 0.1) is 5.92 Å². The van der Waals surface area contributed by atoms with Crippen molar-refractivity contribution in [3.8, 4) is 0 Å². The van der Waals surface area contributed by atoms with E-state index < -0.39 is 0 Å². The largest absolute Gasteiger partial charge is 0.395 e. The molecule has 0 saturated heterocycles. The van der Waals surface area contributed by atoms with E-state index in [1.54, 1.807) is 0 Å². The fraction of sp³-hybridized carbons (Fsp3) is 1.00. The van der Waals surface area contributed by atoms with Gasteiger partial charge in [-0.25, -0.2) is 0 Å². The normalized spacial score (nSPS) is 17.1. The van der Waals surface area contributed by atoms with Gasteiger partial charge in [-0.2, -0.15) is 0 Å². The maximum absolute atomic E-state index is 9.27. The third kappa shape index (κ3) is 9.63. The van der Waals surface area contributed by atoms with Gasteiger partial charge in [-0.1, -0.05) is 33.0 Å². The number of nitrogens with one attached hydrogen (secondary N) is 1. The molecule has 0 aromatic heterocycles. The summed E-state index contributed by atoms with van der Waals surface area (Å²) in [5, 5.41) is 12.6. The van der Waals surface area contributed by atoms with Crippen molar-refractivity contribution in [3.63, 3.8) is 0 Å². The molecule has 0 aromatic carbocycles. The van der Waals surface area contributed by atoms with Crippen LogP contribution in [0.3, 0.4) is 0 Å². The lowest BCUT2D eigenvalue weighted by Gasteiger charge is -2.28. The molecule has 3 nitrogen and oxygen atoms in total. The van der Waals surface area contributed by atoms with E-state index in [1.807, 2.05) is 0 Å². The Morgan fingerprint density at radius 1 is 1.35 bits per heavy atom. The summed E-state index contributed by atoms with van der Waals surface area (Å²) in [4.78, 5) is 0. The summed E-state index contributed by atoms with van der Waals surface area (Å²) in [6, 6.07) is 0.160. The number of hydrogen-bond acceptors (Lipinski definition) is 3. The Morgan fingerprint density at radius 2 is 2.00 bits per heavy atom. The number of aliphatic hydroxyl groups excluding tert-OH is 1. The molecule has 0 aromatic rings. The van der Waals surface area contributed by atoms with E-state index in [0.717, 1.165) is 38.5 Å². The van der Waals surface area contributed by atoms with E-state index in [9.17, 15) is 5.11 Å². The van der Waals surface area contributed by atoms with Gasteiger partial charge in [0, 0.05) is 18.1 Å². The van der Waals surface area contributed by atoms with Crippen molar-refractivity contribution in [2.75, 3.05) is 13.2 Å². The zero-order valence-electron chi connectivity index (χ0n) is 11.7. The molecule has 0 fully saturated rings. The van der Waals surface area contributed by atoms with Crippen LogP contribution in [0.25, 0.3) is 0 Å². The van der Waals surface area contributed by atoms with Crippen molar-refractivity contribution in [3.05, 3.63) is 0 Å². The van der Waals surface area contributed by atoms with Crippen LogP contribution in [0.4, 0.5) is 0 Å². The first-order valence-corrected chi connectivity index (χ1v) is 6.74. The Kier molecular flexibility index (Phi) is 8.92. The lowest BCUT2D eigenvalue weighted by Crippen LogP contribution is -2.49. The molecule has 0 rings (SSSR count). The van der Waals surface area contributed by atoms with Crippen molar-refractivity contribution in [1.29, 1.82) is 0 Å². The molecule has 2 unspecified atom stereocenters. The SMILES string of the molecule is [B]CCCCC(C)(N)CNC(CO)CC(C)C. The summed E-state index contributed by atoms with van der Waals surface area (Å²) < 4.78 is 0. The lowest BCUT2D eigenvalue weighted by molar-refractivity contribution is 0.214. The maximum Gasteiger partial charge on any atom is 0.0653 e. The molecule has 4 N–H and O–H groups in total. The Hall–Kier alpha value is -0.0551. The molecule has 0 amide bonds. The van der Waals surface area contributed by atoms with Gasteiger partial charge in [0.25, 0.3) is 0 Å². The molecule has 0 aliphatic rings. The van der Waals surface area contributed by atoms with E-state index >= 15 is 0 Å². The Balaban J connectivity index is 3.87. The Bertz CT molecular complexity index is 186. The average Bonchev–Trinajstić information content (AvgIpc) is 2.24. The van der Waals surface area contributed by atoms with Gasteiger partial charge in [0.2, 0.25) is 0 Å². The fourth-order valence-corrected chi connectivity index (χ4v) is 1.93. The molecule has 17 heavy (non-hydrogen) atoms. The summed E-state index contributed by atoms with van der Waals surface area (Å²) in [6.07, 6.45) is 4.78. The second kappa shape index (κ2) is 8.95. The summed E-state index contributed by atoms with van der Waals surface area (Å²) in [5.41, 5.74) is 6.00. The molecule has 4 heteroatoms. The molecule has 100 valence electrons. The van der Waals surface area contributed by atoms with Crippen molar-refractivity contribution >= 4 is 7.85 Å². The zero-order chi connectivity index (χ0) is 13.3. The average molecular weight is 240 g/mol. The van der Waals surface area contributed by atoms with Gasteiger partial charge < -0.3 is 16.2 Å².